The largest absolute Gasteiger partial charge is 0.481 e. The molecule has 2 aromatic carbocycles. The predicted octanol–water partition coefficient (Wildman–Crippen LogP) is 3.90. The molecule has 1 aliphatic heterocycles. The van der Waals surface area contributed by atoms with Crippen molar-refractivity contribution in [3.8, 4) is 11.1 Å². The van der Waals surface area contributed by atoms with Crippen LogP contribution in [0.3, 0.4) is 0 Å². The molecule has 3 unspecified atom stereocenters. The second-order valence-electron chi connectivity index (χ2n) is 8.41. The van der Waals surface area contributed by atoms with E-state index in [9.17, 15) is 19.5 Å². The van der Waals surface area contributed by atoms with Crippen LogP contribution >= 0.6 is 0 Å². The molecule has 0 bridgehead atoms. The molecule has 1 heterocycles. The summed E-state index contributed by atoms with van der Waals surface area (Å²) in [6.07, 6.45) is -0.347. The fourth-order valence-corrected chi connectivity index (χ4v) is 4.84. The second kappa shape index (κ2) is 7.69. The number of fused-ring (bicyclic) bond motifs is 3. The highest BCUT2D eigenvalue weighted by atomic mass is 16.5. The summed E-state index contributed by atoms with van der Waals surface area (Å²) in [5, 5.41) is 13.3. The maximum Gasteiger partial charge on any atom is 0.336 e. The van der Waals surface area contributed by atoms with E-state index >= 15 is 0 Å². The second-order valence-corrected chi connectivity index (χ2v) is 8.41. The van der Waals surface area contributed by atoms with Crippen LogP contribution in [0, 0.1) is 5.92 Å². The minimum absolute atomic E-state index is 0.0895. The lowest BCUT2D eigenvalue weighted by atomic mass is 9.72. The van der Waals surface area contributed by atoms with Crippen LogP contribution in [-0.2, 0) is 14.3 Å². The van der Waals surface area contributed by atoms with Gasteiger partial charge in [0.25, 0.3) is 0 Å². The Morgan fingerprint density at radius 3 is 2.32 bits per heavy atom. The van der Waals surface area contributed by atoms with Crippen molar-refractivity contribution in [2.24, 2.45) is 5.92 Å². The monoisotopic (exact) mass is 419 g/mol. The fraction of sp³-hybridized carbons (Fsp3) is 0.320. The number of aliphatic carboxylic acids is 1. The van der Waals surface area contributed by atoms with Gasteiger partial charge >= 0.3 is 11.9 Å². The molecule has 0 amide bonds. The highest BCUT2D eigenvalue weighted by Crippen LogP contribution is 2.47. The third-order valence-electron chi connectivity index (χ3n) is 6.02. The van der Waals surface area contributed by atoms with E-state index in [4.69, 9.17) is 4.74 Å². The Bertz CT molecular complexity index is 1130. The van der Waals surface area contributed by atoms with Gasteiger partial charge < -0.3 is 15.2 Å². The number of nitrogens with one attached hydrogen (secondary N) is 1. The summed E-state index contributed by atoms with van der Waals surface area (Å²) < 4.78 is 5.49. The number of carboxylic acids is 1. The molecule has 2 aliphatic rings. The minimum Gasteiger partial charge on any atom is -0.481 e. The zero-order valence-electron chi connectivity index (χ0n) is 17.9. The van der Waals surface area contributed by atoms with Gasteiger partial charge in [-0.2, -0.15) is 0 Å². The Labute approximate surface area is 180 Å². The molecule has 0 aromatic heterocycles. The first kappa shape index (κ1) is 20.8. The number of allylic oxidation sites excluding steroid dienone is 1. The molecule has 0 saturated carbocycles. The minimum atomic E-state index is -1.01. The smallest absolute Gasteiger partial charge is 0.336 e. The zero-order valence-corrected chi connectivity index (χ0v) is 17.9. The van der Waals surface area contributed by atoms with Crippen LogP contribution in [-0.4, -0.2) is 35.0 Å². The molecule has 0 fully saturated rings. The predicted molar refractivity (Wildman–Crippen MR) is 116 cm³/mol. The summed E-state index contributed by atoms with van der Waals surface area (Å²) in [4.78, 5) is 38.5. The molecule has 0 spiro atoms. The zero-order chi connectivity index (χ0) is 22.4. The van der Waals surface area contributed by atoms with Crippen LogP contribution < -0.4 is 5.32 Å². The maximum absolute atomic E-state index is 13.1. The highest BCUT2D eigenvalue weighted by Gasteiger charge is 2.46. The normalized spacial score (nSPS) is 22.1. The first-order valence-corrected chi connectivity index (χ1v) is 10.4. The summed E-state index contributed by atoms with van der Waals surface area (Å²) in [6.45, 7) is 7.07. The number of ketones is 1. The molecule has 2 N–H and O–H groups in total. The molecule has 0 saturated heterocycles. The lowest BCUT2D eigenvalue weighted by Gasteiger charge is -2.38. The van der Waals surface area contributed by atoms with E-state index in [1.165, 1.54) is 0 Å². The van der Waals surface area contributed by atoms with E-state index in [0.717, 1.165) is 5.56 Å². The number of hydrogen-bond acceptors (Lipinski definition) is 5. The number of benzene rings is 2. The molecule has 31 heavy (non-hydrogen) atoms. The van der Waals surface area contributed by atoms with Gasteiger partial charge in [0.1, 0.15) is 0 Å². The third kappa shape index (κ3) is 3.32. The van der Waals surface area contributed by atoms with E-state index in [1.54, 1.807) is 45.9 Å². The van der Waals surface area contributed by atoms with Gasteiger partial charge in [-0.1, -0.05) is 42.5 Å². The lowest BCUT2D eigenvalue weighted by molar-refractivity contribution is -0.145. The van der Waals surface area contributed by atoms with Gasteiger partial charge in [0.15, 0.2) is 5.78 Å². The SMILES string of the molecule is CC1=C(C(=O)OC(C)C)C(c2cccc3c2-c2ccccc2C3=O)C(C(=O)O)C(C)N1. The Kier molecular flexibility index (Phi) is 5.17. The molecule has 0 radical (unpaired) electrons. The van der Waals surface area contributed by atoms with Gasteiger partial charge in [-0.3, -0.25) is 9.59 Å². The van der Waals surface area contributed by atoms with Gasteiger partial charge in [0.05, 0.1) is 17.6 Å². The first-order chi connectivity index (χ1) is 14.7. The molecule has 1 aliphatic carbocycles. The molecular weight excluding hydrogens is 394 g/mol. The van der Waals surface area contributed by atoms with Crippen LogP contribution in [0.4, 0.5) is 0 Å². The van der Waals surface area contributed by atoms with E-state index in [2.05, 4.69) is 5.32 Å². The van der Waals surface area contributed by atoms with Crippen molar-refractivity contribution >= 4 is 17.7 Å². The molecule has 160 valence electrons. The van der Waals surface area contributed by atoms with Gasteiger partial charge in [0.2, 0.25) is 0 Å². The molecule has 3 atom stereocenters. The van der Waals surface area contributed by atoms with Crippen molar-refractivity contribution in [3.63, 3.8) is 0 Å². The van der Waals surface area contributed by atoms with Crippen LogP contribution in [0.1, 0.15) is 55.1 Å². The van der Waals surface area contributed by atoms with Crippen molar-refractivity contribution in [1.29, 1.82) is 0 Å². The number of rotatable bonds is 4. The summed E-state index contributed by atoms with van der Waals surface area (Å²) in [5.74, 6) is -3.31. The Balaban J connectivity index is 1.99. The van der Waals surface area contributed by atoms with Gasteiger partial charge in [-0.25, -0.2) is 4.79 Å². The van der Waals surface area contributed by atoms with Crippen LogP contribution in [0.25, 0.3) is 11.1 Å². The van der Waals surface area contributed by atoms with Crippen LogP contribution in [0.15, 0.2) is 53.7 Å². The van der Waals surface area contributed by atoms with E-state index in [-0.39, 0.29) is 11.9 Å². The summed E-state index contributed by atoms with van der Waals surface area (Å²) in [7, 11) is 0. The van der Waals surface area contributed by atoms with E-state index in [1.807, 2.05) is 24.3 Å². The van der Waals surface area contributed by atoms with Crippen LogP contribution in [0.2, 0.25) is 0 Å². The average molecular weight is 419 g/mol. The van der Waals surface area contributed by atoms with Crippen LogP contribution in [0.5, 0.6) is 0 Å². The topological polar surface area (TPSA) is 92.7 Å². The third-order valence-corrected chi connectivity index (χ3v) is 6.02. The number of hydrogen-bond donors (Lipinski definition) is 2. The average Bonchev–Trinajstić information content (AvgIpc) is 2.99. The molecular formula is C25H25NO5. The van der Waals surface area contributed by atoms with Gasteiger partial charge in [-0.05, 0) is 44.4 Å². The Hall–Kier alpha value is -3.41. The quantitative estimate of drug-likeness (QED) is 0.623. The lowest BCUT2D eigenvalue weighted by Crippen LogP contribution is -2.47. The summed E-state index contributed by atoms with van der Waals surface area (Å²) in [6, 6.07) is 12.2. The van der Waals surface area contributed by atoms with Gasteiger partial charge in [0, 0.05) is 28.8 Å². The Morgan fingerprint density at radius 1 is 1.03 bits per heavy atom. The fourth-order valence-electron chi connectivity index (χ4n) is 4.84. The number of ether oxygens (including phenoxy) is 1. The van der Waals surface area contributed by atoms with E-state index in [0.29, 0.717) is 33.5 Å². The summed E-state index contributed by atoms with van der Waals surface area (Å²) in [5.41, 5.74) is 4.14. The number of carbonyl (C=O) groups excluding carboxylic acids is 2. The van der Waals surface area contributed by atoms with Crippen molar-refractivity contribution in [2.75, 3.05) is 0 Å². The van der Waals surface area contributed by atoms with Crippen molar-refractivity contribution < 1.29 is 24.2 Å². The number of carboxylic acid groups (broad SMARTS) is 1. The first-order valence-electron chi connectivity index (χ1n) is 10.4. The number of esters is 1. The number of carbonyl (C=O) groups is 3. The van der Waals surface area contributed by atoms with Crippen molar-refractivity contribution in [1.82, 2.24) is 5.32 Å². The van der Waals surface area contributed by atoms with Crippen molar-refractivity contribution in [2.45, 2.75) is 45.8 Å². The standard InChI is InChI=1S/C25H25NO5/c1-12(2)31-25(30)20-14(4)26-13(3)19(24(28)29)22(20)17-10-7-11-18-21(17)15-8-5-6-9-16(15)23(18)27/h5-13,19,22,26H,1-4H3,(H,28,29). The maximum atomic E-state index is 13.1. The van der Waals surface area contributed by atoms with Gasteiger partial charge in [-0.15, -0.1) is 0 Å². The summed E-state index contributed by atoms with van der Waals surface area (Å²) >= 11 is 0. The molecule has 4 rings (SSSR count). The van der Waals surface area contributed by atoms with Crippen molar-refractivity contribution in [3.05, 3.63) is 70.4 Å². The molecule has 6 nitrogen and oxygen atoms in total. The molecule has 6 heteroatoms. The Morgan fingerprint density at radius 2 is 1.68 bits per heavy atom. The molecule has 2 aromatic rings. The highest BCUT2D eigenvalue weighted by molar-refractivity contribution is 6.22. The van der Waals surface area contributed by atoms with E-state index < -0.39 is 29.8 Å².